The van der Waals surface area contributed by atoms with Crippen molar-refractivity contribution in [1.29, 1.82) is 0 Å². The smallest absolute Gasteiger partial charge is 1.00 e. The molecule has 1 unspecified atom stereocenters. The molecule has 0 spiro atoms. The fraction of sp³-hybridized carbons (Fsp3) is 0.200. The first kappa shape index (κ1) is 18.6. The van der Waals surface area contributed by atoms with Crippen molar-refractivity contribution in [1.82, 2.24) is 0 Å². The van der Waals surface area contributed by atoms with E-state index in [9.17, 15) is 0 Å². The van der Waals surface area contributed by atoms with Gasteiger partial charge in [-0.1, -0.05) is 0 Å². The molecular weight excluding hydrogens is 359 g/mol. The molecule has 0 heterocycles. The van der Waals surface area contributed by atoms with Gasteiger partial charge in [-0.15, -0.1) is 0 Å². The number of fused-ring (bicyclic) bond motifs is 3. The summed E-state index contributed by atoms with van der Waals surface area (Å²) in [4.78, 5) is 0. The summed E-state index contributed by atoms with van der Waals surface area (Å²) < 4.78 is 0.492. The van der Waals surface area contributed by atoms with Gasteiger partial charge in [0.15, 0.2) is 0 Å². The normalized spacial score (nSPS) is 17.0. The van der Waals surface area contributed by atoms with Gasteiger partial charge in [0.2, 0.25) is 0 Å². The number of aryl methyl sites for hydroxylation is 2. The van der Waals surface area contributed by atoms with E-state index in [2.05, 4.69) is 82.8 Å². The number of rotatable bonds is 1. The number of hydrogen-bond acceptors (Lipinski definition) is 0. The third-order valence-electron chi connectivity index (χ3n) is 4.64. The van der Waals surface area contributed by atoms with E-state index >= 15 is 0 Å². The molecule has 2 aliphatic rings. The van der Waals surface area contributed by atoms with Crippen molar-refractivity contribution in [2.24, 2.45) is 0 Å². The van der Waals surface area contributed by atoms with Crippen molar-refractivity contribution in [2.45, 2.75) is 24.5 Å². The van der Waals surface area contributed by atoms with Gasteiger partial charge in [-0.2, -0.15) is 0 Å². The zero-order chi connectivity index (χ0) is 14.6. The molecule has 2 aliphatic carbocycles. The van der Waals surface area contributed by atoms with Gasteiger partial charge in [0.05, 0.1) is 0 Å². The van der Waals surface area contributed by atoms with Crippen LogP contribution >= 0.6 is 0 Å². The minimum absolute atomic E-state index is 0. The Bertz CT molecular complexity index is 819. The van der Waals surface area contributed by atoms with Crippen molar-refractivity contribution in [3.8, 4) is 11.1 Å². The summed E-state index contributed by atoms with van der Waals surface area (Å²) in [5.41, 5.74) is 11.6. The molecule has 23 heavy (non-hydrogen) atoms. The largest absolute Gasteiger partial charge is 1.00 e. The summed E-state index contributed by atoms with van der Waals surface area (Å²) in [7, 11) is 0. The standard InChI is InChI=1S/C20H17.2ClH.Ti/c1-13-7-9-17-16(11-13)12-19-18(17)10-8-14(2)20(19)15-5-3-4-6-15;;;/h3-5,7-12H,6H2,1-2H3;2*1H;/q;;;+2/p-2. The quantitative estimate of drug-likeness (QED) is 0.576. The van der Waals surface area contributed by atoms with Crippen LogP contribution in [0.2, 0.25) is 0 Å². The van der Waals surface area contributed by atoms with Crippen LogP contribution in [0.25, 0.3) is 16.7 Å². The van der Waals surface area contributed by atoms with Gasteiger partial charge in [-0.25, -0.2) is 0 Å². The topological polar surface area (TPSA) is 0 Å². The van der Waals surface area contributed by atoms with E-state index in [0.29, 0.717) is 4.22 Å². The van der Waals surface area contributed by atoms with E-state index < -0.39 is 0 Å². The van der Waals surface area contributed by atoms with Crippen LogP contribution in [0.4, 0.5) is 0 Å². The Kier molecular flexibility index (Phi) is 5.64. The van der Waals surface area contributed by atoms with Crippen LogP contribution in [0.5, 0.6) is 0 Å². The van der Waals surface area contributed by atoms with E-state index in [0.717, 1.165) is 6.42 Å². The van der Waals surface area contributed by atoms with Crippen LogP contribution in [-0.4, -0.2) is 0 Å². The molecule has 0 fully saturated rings. The monoisotopic (exact) mass is 375 g/mol. The van der Waals surface area contributed by atoms with Gasteiger partial charge in [0.25, 0.3) is 0 Å². The summed E-state index contributed by atoms with van der Waals surface area (Å²) in [6.07, 6.45) is 7.79. The van der Waals surface area contributed by atoms with Gasteiger partial charge in [-0.3, -0.25) is 0 Å². The summed E-state index contributed by atoms with van der Waals surface area (Å²) >= 11 is 2.36. The number of benzene rings is 2. The molecule has 0 radical (unpaired) electrons. The first-order valence-electron chi connectivity index (χ1n) is 7.48. The van der Waals surface area contributed by atoms with Crippen LogP contribution < -0.4 is 24.8 Å². The zero-order valence-electron chi connectivity index (χ0n) is 13.2. The maximum Gasteiger partial charge on any atom is -1.00 e. The van der Waals surface area contributed by atoms with Crippen molar-refractivity contribution in [3.63, 3.8) is 0 Å². The number of allylic oxidation sites excluding steroid dienone is 4. The SMILES string of the molecule is Cc1ccc2c(c1)[CH]([Ti+2])c1c-2ccc(C)c1C1=CC=CC1.[Cl-].[Cl-]. The van der Waals surface area contributed by atoms with Gasteiger partial charge in [0.1, 0.15) is 0 Å². The second kappa shape index (κ2) is 6.99. The molecule has 0 amide bonds. The van der Waals surface area contributed by atoms with Crippen molar-refractivity contribution < 1.29 is 45.2 Å². The molecule has 3 heteroatoms. The van der Waals surface area contributed by atoms with Gasteiger partial charge in [0, 0.05) is 0 Å². The average Bonchev–Trinajstić information content (AvgIpc) is 3.08. The van der Waals surface area contributed by atoms with E-state index in [1.165, 1.54) is 44.5 Å². The predicted octanol–water partition coefficient (Wildman–Crippen LogP) is -0.729. The molecule has 0 bridgehead atoms. The maximum atomic E-state index is 2.36. The molecule has 2 aromatic rings. The molecule has 115 valence electrons. The van der Waals surface area contributed by atoms with E-state index in [-0.39, 0.29) is 24.8 Å². The van der Waals surface area contributed by atoms with Crippen molar-refractivity contribution >= 4 is 5.57 Å². The Labute approximate surface area is 162 Å². The molecular formula is C20H17Cl2Ti. The molecule has 4 rings (SSSR count). The van der Waals surface area contributed by atoms with Gasteiger partial charge >= 0.3 is 138 Å². The van der Waals surface area contributed by atoms with Crippen molar-refractivity contribution in [3.05, 3.63) is 76.4 Å². The summed E-state index contributed by atoms with van der Waals surface area (Å²) in [6, 6.07) is 11.5. The van der Waals surface area contributed by atoms with E-state index in [1.807, 2.05) is 0 Å². The average molecular weight is 376 g/mol. The van der Waals surface area contributed by atoms with Crippen molar-refractivity contribution in [2.75, 3.05) is 0 Å². The molecule has 0 saturated carbocycles. The maximum absolute atomic E-state index is 2.36. The molecule has 1 atom stereocenters. The number of hydrogen-bond donors (Lipinski definition) is 0. The van der Waals surface area contributed by atoms with Crippen LogP contribution in [-0.2, 0) is 20.4 Å². The molecule has 0 N–H and O–H groups in total. The Morgan fingerprint density at radius 3 is 2.43 bits per heavy atom. The summed E-state index contributed by atoms with van der Waals surface area (Å²) in [5.74, 6) is 0. The van der Waals surface area contributed by atoms with E-state index in [4.69, 9.17) is 0 Å². The van der Waals surface area contributed by atoms with Crippen LogP contribution in [0.3, 0.4) is 0 Å². The van der Waals surface area contributed by atoms with Crippen LogP contribution in [0, 0.1) is 13.8 Å². The zero-order valence-corrected chi connectivity index (χ0v) is 16.2. The fourth-order valence-corrected chi connectivity index (χ4v) is 4.49. The predicted molar refractivity (Wildman–Crippen MR) is 84.9 cm³/mol. The second-order valence-corrected chi connectivity index (χ2v) is 6.97. The molecule has 0 saturated heterocycles. The molecule has 0 aliphatic heterocycles. The third-order valence-corrected chi connectivity index (χ3v) is 5.58. The Morgan fingerprint density at radius 2 is 1.74 bits per heavy atom. The Hall–Kier alpha value is -0.786. The third kappa shape index (κ3) is 2.87. The molecule has 0 aromatic heterocycles. The van der Waals surface area contributed by atoms with Gasteiger partial charge in [-0.05, 0) is 0 Å². The first-order valence-corrected chi connectivity index (χ1v) is 8.38. The summed E-state index contributed by atoms with van der Waals surface area (Å²) in [5, 5.41) is 0. The van der Waals surface area contributed by atoms with Gasteiger partial charge < -0.3 is 24.8 Å². The summed E-state index contributed by atoms with van der Waals surface area (Å²) in [6.45, 7) is 4.43. The van der Waals surface area contributed by atoms with Crippen LogP contribution in [0.15, 0.2) is 48.6 Å². The Balaban J connectivity index is 0.000000960. The molecule has 2 aromatic carbocycles. The van der Waals surface area contributed by atoms with E-state index in [1.54, 1.807) is 0 Å². The minimum Gasteiger partial charge on any atom is -1.00 e. The first-order chi connectivity index (χ1) is 10.2. The number of halogens is 2. The molecule has 0 nitrogen and oxygen atoms in total. The second-order valence-electron chi connectivity index (χ2n) is 6.07. The fourth-order valence-electron chi connectivity index (χ4n) is 3.64. The van der Waals surface area contributed by atoms with Crippen LogP contribution in [0.1, 0.15) is 38.5 Å². The Morgan fingerprint density at radius 1 is 1.00 bits per heavy atom. The minimum atomic E-state index is 0.